The average molecular weight is 425 g/mol. The Morgan fingerprint density at radius 1 is 1.28 bits per heavy atom. The Hall–Kier alpha value is -1.79. The van der Waals surface area contributed by atoms with E-state index in [4.69, 9.17) is 16.3 Å². The summed E-state index contributed by atoms with van der Waals surface area (Å²) in [5, 5.41) is 13.3. The second-order valence-corrected chi connectivity index (χ2v) is 9.94. The number of hydrogen-bond acceptors (Lipinski definition) is 4. The van der Waals surface area contributed by atoms with Crippen molar-refractivity contribution in [2.75, 3.05) is 13.1 Å². The zero-order valence-corrected chi connectivity index (χ0v) is 18.9. The third kappa shape index (κ3) is 6.34. The molecule has 7 heteroatoms. The van der Waals surface area contributed by atoms with E-state index >= 15 is 0 Å². The molecule has 2 N–H and O–H groups in total. The molecule has 0 aliphatic carbocycles. The van der Waals surface area contributed by atoms with E-state index in [9.17, 15) is 14.7 Å². The van der Waals surface area contributed by atoms with Gasteiger partial charge < -0.3 is 20.1 Å². The number of aliphatic hydroxyl groups excluding tert-OH is 1. The van der Waals surface area contributed by atoms with E-state index in [1.165, 1.54) is 12.5 Å². The first-order valence-corrected chi connectivity index (χ1v) is 10.4. The average Bonchev–Trinajstić information content (AvgIpc) is 2.57. The molecular formula is C22H33ClN2O4. The van der Waals surface area contributed by atoms with Crippen molar-refractivity contribution in [3.8, 4) is 0 Å². The Labute approximate surface area is 178 Å². The van der Waals surface area contributed by atoms with Crippen LogP contribution in [0.4, 0.5) is 4.79 Å². The van der Waals surface area contributed by atoms with Crippen molar-refractivity contribution in [3.63, 3.8) is 0 Å². The van der Waals surface area contributed by atoms with Gasteiger partial charge in [0.1, 0.15) is 11.6 Å². The number of halogens is 1. The molecular weight excluding hydrogens is 392 g/mol. The molecule has 0 spiro atoms. The summed E-state index contributed by atoms with van der Waals surface area (Å²) in [6, 6.07) is 6.80. The van der Waals surface area contributed by atoms with Gasteiger partial charge in [-0.2, -0.15) is 0 Å². The lowest BCUT2D eigenvalue weighted by atomic mass is 9.70. The summed E-state index contributed by atoms with van der Waals surface area (Å²) < 4.78 is 5.24. The zero-order valence-electron chi connectivity index (χ0n) is 18.2. The van der Waals surface area contributed by atoms with Gasteiger partial charge in [-0.1, -0.05) is 37.6 Å². The van der Waals surface area contributed by atoms with Gasteiger partial charge in [0.25, 0.3) is 0 Å². The number of nitrogens with zero attached hydrogens (tertiary/aromatic N) is 1. The van der Waals surface area contributed by atoms with Crippen LogP contribution in [0.15, 0.2) is 24.3 Å². The van der Waals surface area contributed by atoms with E-state index in [0.29, 0.717) is 18.1 Å². The van der Waals surface area contributed by atoms with Crippen LogP contribution < -0.4 is 5.32 Å². The number of piperidine rings is 1. The zero-order chi connectivity index (χ0) is 22.0. The lowest BCUT2D eigenvalue weighted by Gasteiger charge is -2.45. The fourth-order valence-corrected chi connectivity index (χ4v) is 4.00. The van der Waals surface area contributed by atoms with Gasteiger partial charge in [-0.25, -0.2) is 4.79 Å². The fraction of sp³-hybridized carbons (Fsp3) is 0.636. The molecule has 1 heterocycles. The summed E-state index contributed by atoms with van der Waals surface area (Å²) in [6.07, 6.45) is -0.960. The van der Waals surface area contributed by atoms with Crippen LogP contribution in [-0.4, -0.2) is 52.8 Å². The summed E-state index contributed by atoms with van der Waals surface area (Å²) in [5.74, 6) is -0.0128. The first kappa shape index (κ1) is 23.5. The van der Waals surface area contributed by atoms with E-state index in [2.05, 4.69) is 19.2 Å². The fourth-order valence-electron chi connectivity index (χ4n) is 3.88. The highest BCUT2D eigenvalue weighted by atomic mass is 35.5. The highest BCUT2D eigenvalue weighted by molar-refractivity contribution is 6.30. The maximum Gasteiger partial charge on any atom is 0.408 e. The molecule has 0 bridgehead atoms. The quantitative estimate of drug-likeness (QED) is 0.766. The molecule has 1 aromatic carbocycles. The van der Waals surface area contributed by atoms with Gasteiger partial charge in [0.05, 0.1) is 6.10 Å². The number of ether oxygens (including phenoxy) is 1. The van der Waals surface area contributed by atoms with Gasteiger partial charge in [0, 0.05) is 18.1 Å². The molecule has 1 aliphatic heterocycles. The monoisotopic (exact) mass is 424 g/mol. The number of likely N-dealkylation sites (tertiary alicyclic amines) is 1. The molecule has 0 radical (unpaired) electrons. The Balaban J connectivity index is 2.10. The second-order valence-electron chi connectivity index (χ2n) is 9.51. The Bertz CT molecular complexity index is 725. The molecule has 3 atom stereocenters. The van der Waals surface area contributed by atoms with Crippen LogP contribution in [0.1, 0.15) is 59.4 Å². The number of carbonyl (C=O) groups excluding carboxylic acids is 2. The van der Waals surface area contributed by atoms with Crippen molar-refractivity contribution in [3.05, 3.63) is 34.9 Å². The first-order valence-electron chi connectivity index (χ1n) is 10.0. The molecule has 1 saturated heterocycles. The third-order valence-electron chi connectivity index (χ3n) is 5.23. The molecule has 1 fully saturated rings. The minimum atomic E-state index is -1.05. The predicted molar refractivity (Wildman–Crippen MR) is 114 cm³/mol. The van der Waals surface area contributed by atoms with E-state index in [0.717, 1.165) is 6.42 Å². The third-order valence-corrected chi connectivity index (χ3v) is 5.49. The minimum absolute atomic E-state index is 0.170. The lowest BCUT2D eigenvalue weighted by molar-refractivity contribution is -0.139. The van der Waals surface area contributed by atoms with Crippen LogP contribution >= 0.6 is 11.6 Å². The smallest absolute Gasteiger partial charge is 0.408 e. The van der Waals surface area contributed by atoms with Crippen molar-refractivity contribution < 1.29 is 19.4 Å². The molecule has 1 unspecified atom stereocenters. The molecule has 162 valence electrons. The highest BCUT2D eigenvalue weighted by Crippen LogP contribution is 2.42. The molecule has 1 aromatic rings. The van der Waals surface area contributed by atoms with Gasteiger partial charge in [0.2, 0.25) is 5.91 Å². The van der Waals surface area contributed by atoms with Crippen molar-refractivity contribution >= 4 is 23.6 Å². The van der Waals surface area contributed by atoms with Crippen molar-refractivity contribution in [1.29, 1.82) is 0 Å². The summed E-state index contributed by atoms with van der Waals surface area (Å²) in [5.41, 5.74) is 0.345. The van der Waals surface area contributed by atoms with Gasteiger partial charge in [-0.15, -0.1) is 0 Å². The molecule has 6 nitrogen and oxygen atoms in total. The maximum absolute atomic E-state index is 13.1. The van der Waals surface area contributed by atoms with Gasteiger partial charge in [-0.3, -0.25) is 4.79 Å². The predicted octanol–water partition coefficient (Wildman–Crippen LogP) is 3.96. The van der Waals surface area contributed by atoms with Crippen LogP contribution in [0.3, 0.4) is 0 Å². The molecule has 1 aliphatic rings. The van der Waals surface area contributed by atoms with Gasteiger partial charge in [-0.05, 0) is 63.1 Å². The highest BCUT2D eigenvalue weighted by Gasteiger charge is 2.41. The summed E-state index contributed by atoms with van der Waals surface area (Å²) >= 11 is 6.01. The SMILES string of the molecule is C[C@@H](O)[C@@H](NC(=O)OC(C)(C)C)C(=O)N1CCC(c2ccc(Cl)cc2)C(C)(C)C1. The summed E-state index contributed by atoms with van der Waals surface area (Å²) in [4.78, 5) is 26.9. The van der Waals surface area contributed by atoms with E-state index in [-0.39, 0.29) is 17.2 Å². The largest absolute Gasteiger partial charge is 0.444 e. The Kier molecular flexibility index (Phi) is 7.23. The number of aliphatic hydroxyl groups is 1. The summed E-state index contributed by atoms with van der Waals surface area (Å²) in [7, 11) is 0. The first-order chi connectivity index (χ1) is 13.3. The number of rotatable bonds is 4. The van der Waals surface area contributed by atoms with Gasteiger partial charge in [0.15, 0.2) is 0 Å². The maximum atomic E-state index is 13.1. The second kappa shape index (κ2) is 8.92. The molecule has 0 saturated carbocycles. The van der Waals surface area contributed by atoms with Crippen LogP contribution in [0.5, 0.6) is 0 Å². The van der Waals surface area contributed by atoms with Crippen LogP contribution in [0, 0.1) is 5.41 Å². The topological polar surface area (TPSA) is 78.9 Å². The molecule has 0 aromatic heterocycles. The molecule has 29 heavy (non-hydrogen) atoms. The summed E-state index contributed by atoms with van der Waals surface area (Å²) in [6.45, 7) is 12.1. The number of carbonyl (C=O) groups is 2. The number of nitrogens with one attached hydrogen (secondary N) is 1. The van der Waals surface area contributed by atoms with Gasteiger partial charge >= 0.3 is 6.09 Å². The Morgan fingerprint density at radius 2 is 1.86 bits per heavy atom. The van der Waals surface area contributed by atoms with Crippen molar-refractivity contribution in [1.82, 2.24) is 10.2 Å². The van der Waals surface area contributed by atoms with Crippen molar-refractivity contribution in [2.45, 2.75) is 71.6 Å². The molecule has 2 rings (SSSR count). The number of alkyl carbamates (subject to hydrolysis) is 1. The number of hydrogen-bond donors (Lipinski definition) is 2. The van der Waals surface area contributed by atoms with Crippen LogP contribution in [0.2, 0.25) is 5.02 Å². The standard InChI is InChI=1S/C22H33ClN2O4/c1-14(26)18(24-20(28)29-21(2,3)4)19(27)25-12-11-17(22(5,6)13-25)15-7-9-16(23)10-8-15/h7-10,14,17-18,26H,11-13H2,1-6H3,(H,24,28)/t14-,17?,18-/m1/s1. The van der Waals surface area contributed by atoms with E-state index in [1.54, 1.807) is 25.7 Å². The van der Waals surface area contributed by atoms with Crippen molar-refractivity contribution in [2.24, 2.45) is 5.41 Å². The minimum Gasteiger partial charge on any atom is -0.444 e. The Morgan fingerprint density at radius 3 is 2.34 bits per heavy atom. The van der Waals surface area contributed by atoms with Crippen LogP contribution in [0.25, 0.3) is 0 Å². The number of amides is 2. The number of benzene rings is 1. The van der Waals surface area contributed by atoms with E-state index < -0.39 is 23.8 Å². The molecule has 2 amide bonds. The lowest BCUT2D eigenvalue weighted by Crippen LogP contribution is -2.57. The normalized spacial score (nSPS) is 21.2. The van der Waals surface area contributed by atoms with E-state index in [1.807, 2.05) is 24.3 Å². The van der Waals surface area contributed by atoms with Crippen LogP contribution in [-0.2, 0) is 9.53 Å².